The van der Waals surface area contributed by atoms with Crippen molar-refractivity contribution in [3.63, 3.8) is 0 Å². The van der Waals surface area contributed by atoms with Crippen LogP contribution < -0.4 is 10.2 Å². The lowest BCUT2D eigenvalue weighted by atomic mass is 10.2. The molecule has 0 atom stereocenters. The molecule has 0 unspecified atom stereocenters. The SMILES string of the molecule is O=C(Nc1cccc(Cl)c1Cl)c1ccnc(N2CCc3ccccc32)n1. The van der Waals surface area contributed by atoms with Gasteiger partial charge in [-0.15, -0.1) is 0 Å². The van der Waals surface area contributed by atoms with Gasteiger partial charge in [-0.05, 0) is 36.2 Å². The first-order valence-corrected chi connectivity index (χ1v) is 8.83. The fourth-order valence-corrected chi connectivity index (χ4v) is 3.29. The maximum atomic E-state index is 12.6. The molecular formula is C19H14Cl2N4O. The van der Waals surface area contributed by atoms with E-state index in [2.05, 4.69) is 21.4 Å². The van der Waals surface area contributed by atoms with Crippen LogP contribution in [0.5, 0.6) is 0 Å². The normalized spacial score (nSPS) is 12.8. The van der Waals surface area contributed by atoms with Gasteiger partial charge in [-0.1, -0.05) is 47.5 Å². The van der Waals surface area contributed by atoms with E-state index in [4.69, 9.17) is 23.2 Å². The Morgan fingerprint density at radius 2 is 1.92 bits per heavy atom. The lowest BCUT2D eigenvalue weighted by Gasteiger charge is -2.17. The van der Waals surface area contributed by atoms with Crippen molar-refractivity contribution in [1.29, 1.82) is 0 Å². The Morgan fingerprint density at radius 3 is 2.81 bits per heavy atom. The summed E-state index contributed by atoms with van der Waals surface area (Å²) >= 11 is 12.1. The second kappa shape index (κ2) is 6.94. The van der Waals surface area contributed by atoms with Crippen LogP contribution in [0.25, 0.3) is 0 Å². The third-order valence-electron chi connectivity index (χ3n) is 4.20. The number of hydrogen-bond acceptors (Lipinski definition) is 4. The molecule has 0 spiro atoms. The summed E-state index contributed by atoms with van der Waals surface area (Å²) in [5.41, 5.74) is 3.02. The molecule has 5 nitrogen and oxygen atoms in total. The molecule has 130 valence electrons. The minimum absolute atomic E-state index is 0.260. The number of rotatable bonds is 3. The van der Waals surface area contributed by atoms with Crippen molar-refractivity contribution in [1.82, 2.24) is 9.97 Å². The quantitative estimate of drug-likeness (QED) is 0.708. The number of nitrogens with one attached hydrogen (secondary N) is 1. The zero-order valence-electron chi connectivity index (χ0n) is 13.6. The van der Waals surface area contributed by atoms with Crippen molar-refractivity contribution in [3.05, 3.63) is 76.0 Å². The molecule has 0 bridgehead atoms. The van der Waals surface area contributed by atoms with Gasteiger partial charge < -0.3 is 10.2 Å². The van der Waals surface area contributed by atoms with Gasteiger partial charge in [0.15, 0.2) is 0 Å². The average Bonchev–Trinajstić information content (AvgIpc) is 3.10. The highest BCUT2D eigenvalue weighted by molar-refractivity contribution is 6.44. The molecule has 1 aromatic heterocycles. The number of benzene rings is 2. The van der Waals surface area contributed by atoms with Crippen LogP contribution in [0.1, 0.15) is 16.1 Å². The molecule has 3 aromatic rings. The molecule has 1 aliphatic rings. The van der Waals surface area contributed by atoms with Gasteiger partial charge in [-0.25, -0.2) is 9.97 Å². The number of anilines is 3. The molecule has 1 aliphatic heterocycles. The third kappa shape index (κ3) is 3.11. The predicted octanol–water partition coefficient (Wildman–Crippen LogP) is 4.73. The first-order valence-electron chi connectivity index (χ1n) is 8.07. The summed E-state index contributed by atoms with van der Waals surface area (Å²) in [6.45, 7) is 0.782. The molecule has 1 amide bonds. The summed E-state index contributed by atoms with van der Waals surface area (Å²) in [4.78, 5) is 23.3. The Bertz CT molecular complexity index is 993. The van der Waals surface area contributed by atoms with Crippen LogP contribution in [0.2, 0.25) is 10.0 Å². The lowest BCUT2D eigenvalue weighted by molar-refractivity contribution is 0.102. The monoisotopic (exact) mass is 384 g/mol. The molecule has 7 heteroatoms. The Labute approximate surface area is 160 Å². The summed E-state index contributed by atoms with van der Waals surface area (Å²) in [5.74, 6) is 0.130. The first-order chi connectivity index (χ1) is 12.6. The second-order valence-corrected chi connectivity index (χ2v) is 6.61. The topological polar surface area (TPSA) is 58.1 Å². The van der Waals surface area contributed by atoms with E-state index in [0.29, 0.717) is 21.7 Å². The number of hydrogen-bond donors (Lipinski definition) is 1. The Morgan fingerprint density at radius 1 is 1.08 bits per heavy atom. The maximum Gasteiger partial charge on any atom is 0.274 e. The van der Waals surface area contributed by atoms with E-state index in [1.54, 1.807) is 30.5 Å². The average molecular weight is 385 g/mol. The number of fused-ring (bicyclic) bond motifs is 1. The minimum Gasteiger partial charge on any atom is -0.319 e. The lowest BCUT2D eigenvalue weighted by Crippen LogP contribution is -2.20. The van der Waals surface area contributed by atoms with Gasteiger partial charge in [0.05, 0.1) is 15.7 Å². The number of carbonyl (C=O) groups excluding carboxylic acids is 1. The van der Waals surface area contributed by atoms with Crippen LogP contribution in [-0.4, -0.2) is 22.4 Å². The number of aromatic nitrogens is 2. The van der Waals surface area contributed by atoms with Crippen molar-refractivity contribution < 1.29 is 4.79 Å². The van der Waals surface area contributed by atoms with Crippen molar-refractivity contribution in [3.8, 4) is 0 Å². The van der Waals surface area contributed by atoms with Crippen molar-refractivity contribution in [2.75, 3.05) is 16.8 Å². The molecular weight excluding hydrogens is 371 g/mol. The summed E-state index contributed by atoms with van der Waals surface area (Å²) in [6, 6.07) is 14.8. The van der Waals surface area contributed by atoms with Gasteiger partial charge in [-0.2, -0.15) is 0 Å². The van der Waals surface area contributed by atoms with Crippen LogP contribution in [0.4, 0.5) is 17.3 Å². The van der Waals surface area contributed by atoms with Crippen LogP contribution in [0.3, 0.4) is 0 Å². The predicted molar refractivity (Wildman–Crippen MR) is 104 cm³/mol. The Balaban J connectivity index is 1.60. The highest BCUT2D eigenvalue weighted by Gasteiger charge is 2.22. The van der Waals surface area contributed by atoms with E-state index < -0.39 is 0 Å². The van der Waals surface area contributed by atoms with Gasteiger partial charge >= 0.3 is 0 Å². The van der Waals surface area contributed by atoms with Gasteiger partial charge in [0.1, 0.15) is 5.69 Å². The van der Waals surface area contributed by atoms with Gasteiger partial charge in [-0.3, -0.25) is 4.79 Å². The summed E-state index contributed by atoms with van der Waals surface area (Å²) in [6.07, 6.45) is 2.51. The number of carbonyl (C=O) groups is 1. The minimum atomic E-state index is -0.370. The Kier molecular flexibility index (Phi) is 4.49. The summed E-state index contributed by atoms with van der Waals surface area (Å²) < 4.78 is 0. The van der Waals surface area contributed by atoms with Crippen LogP contribution in [0, 0.1) is 0 Å². The first kappa shape index (κ1) is 16.8. The summed E-state index contributed by atoms with van der Waals surface area (Å²) in [7, 11) is 0. The zero-order valence-corrected chi connectivity index (χ0v) is 15.1. The maximum absolute atomic E-state index is 12.6. The molecule has 2 aromatic carbocycles. The van der Waals surface area contributed by atoms with Gasteiger partial charge in [0.2, 0.25) is 5.95 Å². The van der Waals surface area contributed by atoms with Crippen molar-refractivity contribution in [2.45, 2.75) is 6.42 Å². The van der Waals surface area contributed by atoms with Gasteiger partial charge in [0, 0.05) is 18.4 Å². The van der Waals surface area contributed by atoms with E-state index in [1.807, 2.05) is 23.1 Å². The molecule has 1 N–H and O–H groups in total. The molecule has 4 rings (SSSR count). The summed E-state index contributed by atoms with van der Waals surface area (Å²) in [5, 5.41) is 3.41. The standard InChI is InChI=1S/C19H14Cl2N4O/c20-13-5-3-6-14(17(13)21)23-18(26)15-8-10-22-19(24-15)25-11-9-12-4-1-2-7-16(12)25/h1-8,10H,9,11H2,(H,23,26). The number of nitrogens with zero attached hydrogens (tertiary/aromatic N) is 3. The molecule has 0 aliphatic carbocycles. The zero-order chi connectivity index (χ0) is 18.1. The third-order valence-corrected chi connectivity index (χ3v) is 5.02. The van der Waals surface area contributed by atoms with Gasteiger partial charge in [0.25, 0.3) is 5.91 Å². The van der Waals surface area contributed by atoms with Crippen LogP contribution in [-0.2, 0) is 6.42 Å². The molecule has 0 fully saturated rings. The Hall–Kier alpha value is -2.63. The molecule has 2 heterocycles. The van der Waals surface area contributed by atoms with E-state index in [-0.39, 0.29) is 11.6 Å². The highest BCUT2D eigenvalue weighted by atomic mass is 35.5. The van der Waals surface area contributed by atoms with E-state index in [9.17, 15) is 4.79 Å². The molecule has 0 saturated carbocycles. The van der Waals surface area contributed by atoms with Crippen molar-refractivity contribution >= 4 is 46.4 Å². The fourth-order valence-electron chi connectivity index (χ4n) is 2.94. The molecule has 0 radical (unpaired) electrons. The number of para-hydroxylation sites is 1. The van der Waals surface area contributed by atoms with E-state index in [1.165, 1.54) is 5.56 Å². The number of halogens is 2. The molecule has 26 heavy (non-hydrogen) atoms. The second-order valence-electron chi connectivity index (χ2n) is 5.83. The number of amides is 1. The largest absolute Gasteiger partial charge is 0.319 e. The fraction of sp³-hybridized carbons (Fsp3) is 0.105. The van der Waals surface area contributed by atoms with Crippen LogP contribution >= 0.6 is 23.2 Å². The van der Waals surface area contributed by atoms with E-state index in [0.717, 1.165) is 18.7 Å². The smallest absolute Gasteiger partial charge is 0.274 e. The van der Waals surface area contributed by atoms with Crippen molar-refractivity contribution in [2.24, 2.45) is 0 Å². The highest BCUT2D eigenvalue weighted by Crippen LogP contribution is 2.32. The van der Waals surface area contributed by atoms with E-state index >= 15 is 0 Å². The van der Waals surface area contributed by atoms with Crippen LogP contribution in [0.15, 0.2) is 54.7 Å². The molecule has 0 saturated heterocycles.